The molecule has 0 amide bonds. The maximum Gasteiger partial charge on any atom is 0.169 e. The van der Waals surface area contributed by atoms with Gasteiger partial charge >= 0.3 is 0 Å². The zero-order valence-electron chi connectivity index (χ0n) is 16.5. The van der Waals surface area contributed by atoms with Crippen LogP contribution in [-0.4, -0.2) is 24.6 Å². The van der Waals surface area contributed by atoms with Crippen LogP contribution in [0.5, 0.6) is 0 Å². The van der Waals surface area contributed by atoms with Gasteiger partial charge in [0.2, 0.25) is 0 Å². The standard InChI is InChI=1S/C23H36O3/c1-2-3-4-5-10-15-21(24-18-20-13-8-6-9-14-20)22-19-25-23(26-22)16-11-7-12-17-23/h6,8-9,13-14,21-22H,2-5,7,10-12,15-19H2,1H3/t21-,22+/m0/s1. The second kappa shape index (κ2) is 10.4. The van der Waals surface area contributed by atoms with Gasteiger partial charge in [-0.15, -0.1) is 0 Å². The van der Waals surface area contributed by atoms with Crippen LogP contribution in [0.3, 0.4) is 0 Å². The SMILES string of the molecule is CCCCCCC[C@H](OCc1ccccc1)[C@H]1COC2(CCCCC2)O1. The average molecular weight is 361 g/mol. The first-order chi connectivity index (χ1) is 12.8. The molecule has 1 aliphatic heterocycles. The molecule has 1 saturated carbocycles. The van der Waals surface area contributed by atoms with Crippen molar-refractivity contribution in [2.45, 2.75) is 102 Å². The number of rotatable bonds is 10. The minimum atomic E-state index is -0.306. The van der Waals surface area contributed by atoms with Crippen molar-refractivity contribution < 1.29 is 14.2 Å². The summed E-state index contributed by atoms with van der Waals surface area (Å²) in [7, 11) is 0. The zero-order valence-corrected chi connectivity index (χ0v) is 16.5. The first kappa shape index (κ1) is 19.9. The summed E-state index contributed by atoms with van der Waals surface area (Å²) in [5, 5.41) is 0. The van der Waals surface area contributed by atoms with Crippen LogP contribution in [0.2, 0.25) is 0 Å². The van der Waals surface area contributed by atoms with E-state index in [9.17, 15) is 0 Å². The van der Waals surface area contributed by atoms with Crippen LogP contribution in [0, 0.1) is 0 Å². The molecule has 1 aliphatic carbocycles. The molecule has 0 radical (unpaired) electrons. The number of ether oxygens (including phenoxy) is 3. The highest BCUT2D eigenvalue weighted by molar-refractivity contribution is 5.13. The van der Waals surface area contributed by atoms with Crippen molar-refractivity contribution in [2.75, 3.05) is 6.61 Å². The zero-order chi connectivity index (χ0) is 18.1. The lowest BCUT2D eigenvalue weighted by Crippen LogP contribution is -2.37. The Hall–Kier alpha value is -0.900. The van der Waals surface area contributed by atoms with Gasteiger partial charge in [-0.25, -0.2) is 0 Å². The molecule has 146 valence electrons. The van der Waals surface area contributed by atoms with Crippen LogP contribution < -0.4 is 0 Å². The van der Waals surface area contributed by atoms with Gasteiger partial charge in [0, 0.05) is 12.8 Å². The predicted molar refractivity (Wildman–Crippen MR) is 105 cm³/mol. The third kappa shape index (κ3) is 5.80. The molecule has 3 rings (SSSR count). The van der Waals surface area contributed by atoms with Gasteiger partial charge in [-0.3, -0.25) is 0 Å². The van der Waals surface area contributed by atoms with E-state index in [0.717, 1.165) is 19.3 Å². The van der Waals surface area contributed by atoms with E-state index in [-0.39, 0.29) is 18.0 Å². The third-order valence-electron chi connectivity index (χ3n) is 5.81. The second-order valence-electron chi connectivity index (χ2n) is 7.98. The van der Waals surface area contributed by atoms with Crippen molar-refractivity contribution in [2.24, 2.45) is 0 Å². The van der Waals surface area contributed by atoms with E-state index in [0.29, 0.717) is 13.2 Å². The van der Waals surface area contributed by atoms with E-state index in [4.69, 9.17) is 14.2 Å². The van der Waals surface area contributed by atoms with Gasteiger partial charge in [0.15, 0.2) is 5.79 Å². The van der Waals surface area contributed by atoms with Gasteiger partial charge in [0.1, 0.15) is 6.10 Å². The summed E-state index contributed by atoms with van der Waals surface area (Å²) in [5.41, 5.74) is 1.23. The maximum atomic E-state index is 6.47. The summed E-state index contributed by atoms with van der Waals surface area (Å²) >= 11 is 0. The lowest BCUT2D eigenvalue weighted by atomic mass is 9.94. The molecule has 0 N–H and O–H groups in total. The number of benzene rings is 1. The monoisotopic (exact) mass is 360 g/mol. The van der Waals surface area contributed by atoms with E-state index in [1.807, 2.05) is 0 Å². The van der Waals surface area contributed by atoms with Gasteiger partial charge in [0.05, 0.1) is 19.3 Å². The van der Waals surface area contributed by atoms with Crippen molar-refractivity contribution in [3.8, 4) is 0 Å². The van der Waals surface area contributed by atoms with Crippen molar-refractivity contribution >= 4 is 0 Å². The van der Waals surface area contributed by atoms with E-state index < -0.39 is 0 Å². The molecule has 2 aliphatic rings. The van der Waals surface area contributed by atoms with E-state index >= 15 is 0 Å². The molecule has 1 heterocycles. The van der Waals surface area contributed by atoms with Gasteiger partial charge in [-0.05, 0) is 24.8 Å². The molecule has 2 fully saturated rings. The van der Waals surface area contributed by atoms with Gasteiger partial charge in [-0.1, -0.05) is 75.8 Å². The Kier molecular flexibility index (Phi) is 7.97. The Bertz CT molecular complexity index is 495. The Morgan fingerprint density at radius 3 is 2.58 bits per heavy atom. The summed E-state index contributed by atoms with van der Waals surface area (Å²) in [6.07, 6.45) is 13.6. The fourth-order valence-electron chi connectivity index (χ4n) is 4.22. The highest BCUT2D eigenvalue weighted by atomic mass is 16.8. The number of unbranched alkanes of at least 4 members (excludes halogenated alkanes) is 4. The number of hydrogen-bond acceptors (Lipinski definition) is 3. The van der Waals surface area contributed by atoms with Crippen molar-refractivity contribution in [1.82, 2.24) is 0 Å². The summed E-state index contributed by atoms with van der Waals surface area (Å²) < 4.78 is 19.0. The third-order valence-corrected chi connectivity index (χ3v) is 5.81. The van der Waals surface area contributed by atoms with Crippen molar-refractivity contribution in [3.63, 3.8) is 0 Å². The quantitative estimate of drug-likeness (QED) is 0.478. The molecule has 0 unspecified atom stereocenters. The molecule has 1 aromatic carbocycles. The molecule has 1 spiro atoms. The molecule has 0 bridgehead atoms. The fourth-order valence-corrected chi connectivity index (χ4v) is 4.22. The molecule has 2 atom stereocenters. The normalized spacial score (nSPS) is 23.3. The summed E-state index contributed by atoms with van der Waals surface area (Å²) in [6, 6.07) is 10.5. The average Bonchev–Trinajstić information content (AvgIpc) is 3.08. The van der Waals surface area contributed by atoms with Gasteiger partial charge in [-0.2, -0.15) is 0 Å². The smallest absolute Gasteiger partial charge is 0.169 e. The molecular weight excluding hydrogens is 324 g/mol. The van der Waals surface area contributed by atoms with Gasteiger partial charge < -0.3 is 14.2 Å². The fraction of sp³-hybridized carbons (Fsp3) is 0.739. The van der Waals surface area contributed by atoms with E-state index in [2.05, 4.69) is 37.3 Å². The lowest BCUT2D eigenvalue weighted by Gasteiger charge is -2.33. The lowest BCUT2D eigenvalue weighted by molar-refractivity contribution is -0.199. The topological polar surface area (TPSA) is 27.7 Å². The minimum Gasteiger partial charge on any atom is -0.371 e. The Balaban J connectivity index is 1.53. The van der Waals surface area contributed by atoms with Gasteiger partial charge in [0.25, 0.3) is 0 Å². The second-order valence-corrected chi connectivity index (χ2v) is 7.98. The Morgan fingerprint density at radius 2 is 1.81 bits per heavy atom. The number of hydrogen-bond donors (Lipinski definition) is 0. The van der Waals surface area contributed by atoms with E-state index in [1.165, 1.54) is 56.9 Å². The van der Waals surface area contributed by atoms with Crippen LogP contribution in [-0.2, 0) is 20.8 Å². The molecule has 1 aromatic rings. The van der Waals surface area contributed by atoms with Crippen molar-refractivity contribution in [3.05, 3.63) is 35.9 Å². The van der Waals surface area contributed by atoms with E-state index in [1.54, 1.807) is 0 Å². The first-order valence-corrected chi connectivity index (χ1v) is 10.8. The highest BCUT2D eigenvalue weighted by Gasteiger charge is 2.44. The highest BCUT2D eigenvalue weighted by Crippen LogP contribution is 2.39. The molecule has 26 heavy (non-hydrogen) atoms. The molecule has 3 nitrogen and oxygen atoms in total. The summed E-state index contributed by atoms with van der Waals surface area (Å²) in [6.45, 7) is 3.61. The molecular formula is C23H36O3. The molecule has 1 saturated heterocycles. The van der Waals surface area contributed by atoms with Crippen LogP contribution >= 0.6 is 0 Å². The van der Waals surface area contributed by atoms with Crippen LogP contribution in [0.1, 0.15) is 83.1 Å². The molecule has 0 aromatic heterocycles. The Labute approximate surface area is 159 Å². The van der Waals surface area contributed by atoms with Crippen LogP contribution in [0.25, 0.3) is 0 Å². The maximum absolute atomic E-state index is 6.47. The van der Waals surface area contributed by atoms with Crippen molar-refractivity contribution in [1.29, 1.82) is 0 Å². The summed E-state index contributed by atoms with van der Waals surface area (Å²) in [4.78, 5) is 0. The first-order valence-electron chi connectivity index (χ1n) is 10.8. The minimum absolute atomic E-state index is 0.0861. The summed E-state index contributed by atoms with van der Waals surface area (Å²) in [5.74, 6) is -0.306. The van der Waals surface area contributed by atoms with Crippen LogP contribution in [0.15, 0.2) is 30.3 Å². The van der Waals surface area contributed by atoms with Crippen LogP contribution in [0.4, 0.5) is 0 Å². The largest absolute Gasteiger partial charge is 0.371 e. The Morgan fingerprint density at radius 1 is 1.04 bits per heavy atom. The molecule has 3 heteroatoms. The predicted octanol–water partition coefficient (Wildman–Crippen LogP) is 6.01.